The Morgan fingerprint density at radius 1 is 1.19 bits per heavy atom. The van der Waals surface area contributed by atoms with Gasteiger partial charge in [-0.25, -0.2) is 0 Å². The largest absolute Gasteiger partial charge is 0.386 e. The lowest BCUT2D eigenvalue weighted by Gasteiger charge is -2.19. The molecular weight excluding hydrogens is 328 g/mol. The Labute approximate surface area is 132 Å². The first-order valence-electron chi connectivity index (χ1n) is 6.87. The van der Waals surface area contributed by atoms with Crippen LogP contribution in [-0.4, -0.2) is 14.9 Å². The molecule has 0 aliphatic carbocycles. The molecule has 108 valence electrons. The molecule has 1 aromatic heterocycles. The fourth-order valence-corrected chi connectivity index (χ4v) is 2.98. The van der Waals surface area contributed by atoms with Gasteiger partial charge in [-0.2, -0.15) is 5.10 Å². The number of rotatable bonds is 3. The molecule has 0 saturated carbocycles. The van der Waals surface area contributed by atoms with E-state index in [0.29, 0.717) is 6.54 Å². The van der Waals surface area contributed by atoms with Crippen LogP contribution < -0.4 is 0 Å². The van der Waals surface area contributed by atoms with E-state index >= 15 is 0 Å². The SMILES string of the molecule is CC(C)(O)c1cc(Br)cc2c1cnn2Cc1ccccc1. The van der Waals surface area contributed by atoms with Crippen LogP contribution in [0.3, 0.4) is 0 Å². The van der Waals surface area contributed by atoms with Crippen molar-refractivity contribution < 1.29 is 5.11 Å². The van der Waals surface area contributed by atoms with Gasteiger partial charge in [-0.3, -0.25) is 4.68 Å². The fourth-order valence-electron chi connectivity index (χ4n) is 2.53. The van der Waals surface area contributed by atoms with E-state index in [9.17, 15) is 5.11 Å². The molecule has 1 N–H and O–H groups in total. The molecule has 0 amide bonds. The van der Waals surface area contributed by atoms with Gasteiger partial charge in [0.2, 0.25) is 0 Å². The lowest BCUT2D eigenvalue weighted by Crippen LogP contribution is -2.15. The molecule has 3 aromatic rings. The van der Waals surface area contributed by atoms with Crippen LogP contribution in [-0.2, 0) is 12.1 Å². The second-order valence-electron chi connectivity index (χ2n) is 5.73. The number of aromatic nitrogens is 2. The predicted octanol–water partition coefficient (Wildman–Crippen LogP) is 4.07. The third kappa shape index (κ3) is 2.87. The van der Waals surface area contributed by atoms with E-state index in [-0.39, 0.29) is 0 Å². The molecule has 0 bridgehead atoms. The van der Waals surface area contributed by atoms with Gasteiger partial charge >= 0.3 is 0 Å². The molecule has 21 heavy (non-hydrogen) atoms. The van der Waals surface area contributed by atoms with Crippen molar-refractivity contribution in [3.05, 3.63) is 64.3 Å². The van der Waals surface area contributed by atoms with Crippen LogP contribution >= 0.6 is 15.9 Å². The molecule has 0 unspecified atom stereocenters. The zero-order chi connectivity index (χ0) is 15.0. The van der Waals surface area contributed by atoms with Crippen molar-refractivity contribution in [3.63, 3.8) is 0 Å². The number of aliphatic hydroxyl groups is 1. The van der Waals surface area contributed by atoms with Crippen molar-refractivity contribution >= 4 is 26.8 Å². The summed E-state index contributed by atoms with van der Waals surface area (Å²) in [7, 11) is 0. The van der Waals surface area contributed by atoms with Gasteiger partial charge in [0, 0.05) is 9.86 Å². The molecule has 0 aliphatic rings. The Morgan fingerprint density at radius 2 is 1.90 bits per heavy atom. The normalized spacial score (nSPS) is 12.0. The van der Waals surface area contributed by atoms with E-state index < -0.39 is 5.60 Å². The van der Waals surface area contributed by atoms with Crippen LogP contribution in [0.15, 0.2) is 53.1 Å². The predicted molar refractivity (Wildman–Crippen MR) is 88.2 cm³/mol. The zero-order valence-electron chi connectivity index (χ0n) is 12.0. The Kier molecular flexibility index (Phi) is 3.59. The highest BCUT2D eigenvalue weighted by Gasteiger charge is 2.21. The third-order valence-electron chi connectivity index (χ3n) is 3.56. The minimum atomic E-state index is -0.900. The number of hydrogen-bond acceptors (Lipinski definition) is 2. The molecule has 0 spiro atoms. The highest BCUT2D eigenvalue weighted by molar-refractivity contribution is 9.10. The molecular formula is C17H17BrN2O. The average Bonchev–Trinajstić information content (AvgIpc) is 2.81. The second-order valence-corrected chi connectivity index (χ2v) is 6.65. The van der Waals surface area contributed by atoms with Crippen molar-refractivity contribution in [2.45, 2.75) is 26.0 Å². The van der Waals surface area contributed by atoms with Crippen molar-refractivity contribution in [2.24, 2.45) is 0 Å². The van der Waals surface area contributed by atoms with Gasteiger partial charge < -0.3 is 5.11 Å². The first-order chi connectivity index (χ1) is 9.95. The van der Waals surface area contributed by atoms with Gasteiger partial charge in [-0.1, -0.05) is 46.3 Å². The summed E-state index contributed by atoms with van der Waals surface area (Å²) in [6.45, 7) is 4.30. The van der Waals surface area contributed by atoms with Gasteiger partial charge in [0.15, 0.2) is 0 Å². The maximum atomic E-state index is 10.4. The van der Waals surface area contributed by atoms with Crippen molar-refractivity contribution in [1.82, 2.24) is 9.78 Å². The van der Waals surface area contributed by atoms with Gasteiger partial charge in [-0.15, -0.1) is 0 Å². The second kappa shape index (κ2) is 5.28. The summed E-state index contributed by atoms with van der Waals surface area (Å²) in [5.74, 6) is 0. The summed E-state index contributed by atoms with van der Waals surface area (Å²) in [4.78, 5) is 0. The number of benzene rings is 2. The highest BCUT2D eigenvalue weighted by atomic mass is 79.9. The smallest absolute Gasteiger partial charge is 0.0848 e. The summed E-state index contributed by atoms with van der Waals surface area (Å²) in [5.41, 5.74) is 2.20. The van der Waals surface area contributed by atoms with Gasteiger partial charge in [0.05, 0.1) is 23.9 Å². The van der Waals surface area contributed by atoms with E-state index in [4.69, 9.17) is 0 Å². The van der Waals surface area contributed by atoms with Crippen LogP contribution in [0.5, 0.6) is 0 Å². The van der Waals surface area contributed by atoms with E-state index in [1.165, 1.54) is 5.56 Å². The molecule has 0 fully saturated rings. The summed E-state index contributed by atoms with van der Waals surface area (Å²) in [6.07, 6.45) is 1.83. The molecule has 0 radical (unpaired) electrons. The summed E-state index contributed by atoms with van der Waals surface area (Å²) in [5, 5.41) is 15.8. The standard InChI is InChI=1S/C17H17BrN2O/c1-17(2,21)15-8-13(18)9-16-14(15)10-19-20(16)11-12-6-4-3-5-7-12/h3-10,21H,11H2,1-2H3. The van der Waals surface area contributed by atoms with Crippen LogP contribution in [0.2, 0.25) is 0 Å². The summed E-state index contributed by atoms with van der Waals surface area (Å²) in [6, 6.07) is 14.2. The third-order valence-corrected chi connectivity index (χ3v) is 4.02. The van der Waals surface area contributed by atoms with E-state index in [1.807, 2.05) is 41.2 Å². The minimum Gasteiger partial charge on any atom is -0.386 e. The molecule has 4 heteroatoms. The number of hydrogen-bond donors (Lipinski definition) is 1. The van der Waals surface area contributed by atoms with E-state index in [2.05, 4.69) is 33.2 Å². The molecule has 2 aromatic carbocycles. The molecule has 3 rings (SSSR count). The first kappa shape index (κ1) is 14.3. The molecule has 3 nitrogen and oxygen atoms in total. The van der Waals surface area contributed by atoms with Gasteiger partial charge in [-0.05, 0) is 37.1 Å². The quantitative estimate of drug-likeness (QED) is 0.777. The highest BCUT2D eigenvalue weighted by Crippen LogP contribution is 2.31. The van der Waals surface area contributed by atoms with Crippen molar-refractivity contribution in [2.75, 3.05) is 0 Å². The lowest BCUT2D eigenvalue weighted by atomic mass is 9.95. The number of nitrogens with zero attached hydrogens (tertiary/aromatic N) is 2. The molecule has 1 heterocycles. The monoisotopic (exact) mass is 344 g/mol. The molecule has 0 saturated heterocycles. The Morgan fingerprint density at radius 3 is 2.57 bits per heavy atom. The number of halogens is 1. The van der Waals surface area contributed by atoms with Gasteiger partial charge in [0.25, 0.3) is 0 Å². The van der Waals surface area contributed by atoms with Crippen LogP contribution in [0.4, 0.5) is 0 Å². The van der Waals surface area contributed by atoms with Crippen molar-refractivity contribution in [3.8, 4) is 0 Å². The Hall–Kier alpha value is -1.65. The Balaban J connectivity index is 2.12. The van der Waals surface area contributed by atoms with Crippen molar-refractivity contribution in [1.29, 1.82) is 0 Å². The van der Waals surface area contributed by atoms with E-state index in [0.717, 1.165) is 20.9 Å². The molecule has 0 aliphatic heterocycles. The van der Waals surface area contributed by atoms with E-state index in [1.54, 1.807) is 13.8 Å². The fraction of sp³-hybridized carbons (Fsp3) is 0.235. The average molecular weight is 345 g/mol. The van der Waals surface area contributed by atoms with Crippen LogP contribution in [0.25, 0.3) is 10.9 Å². The lowest BCUT2D eigenvalue weighted by molar-refractivity contribution is 0.0801. The Bertz CT molecular complexity index is 773. The molecule has 0 atom stereocenters. The summed E-state index contributed by atoms with van der Waals surface area (Å²) < 4.78 is 2.91. The topological polar surface area (TPSA) is 38.1 Å². The number of fused-ring (bicyclic) bond motifs is 1. The zero-order valence-corrected chi connectivity index (χ0v) is 13.6. The minimum absolute atomic E-state index is 0.714. The summed E-state index contributed by atoms with van der Waals surface area (Å²) >= 11 is 3.53. The van der Waals surface area contributed by atoms with Crippen LogP contribution in [0, 0.1) is 0 Å². The maximum Gasteiger partial charge on any atom is 0.0848 e. The van der Waals surface area contributed by atoms with Crippen LogP contribution in [0.1, 0.15) is 25.0 Å². The first-order valence-corrected chi connectivity index (χ1v) is 7.66. The maximum absolute atomic E-state index is 10.4. The van der Waals surface area contributed by atoms with Gasteiger partial charge in [0.1, 0.15) is 0 Å².